The highest BCUT2D eigenvalue weighted by Crippen LogP contribution is 2.29. The molecule has 1 fully saturated rings. The van der Waals surface area contributed by atoms with Gasteiger partial charge in [0.2, 0.25) is 0 Å². The van der Waals surface area contributed by atoms with E-state index in [-0.39, 0.29) is 0 Å². The van der Waals surface area contributed by atoms with E-state index in [1.54, 1.807) is 14.2 Å². The molecule has 1 saturated carbocycles. The quantitative estimate of drug-likeness (QED) is 0.686. The van der Waals surface area contributed by atoms with Gasteiger partial charge in [-0.25, -0.2) is 0 Å². The van der Waals surface area contributed by atoms with Crippen molar-refractivity contribution in [1.29, 1.82) is 0 Å². The van der Waals surface area contributed by atoms with E-state index in [1.165, 1.54) is 12.8 Å². The third-order valence-corrected chi connectivity index (χ3v) is 3.52. The van der Waals surface area contributed by atoms with Crippen molar-refractivity contribution in [3.05, 3.63) is 23.8 Å². The Morgan fingerprint density at radius 3 is 2.67 bits per heavy atom. The molecule has 1 aliphatic rings. The molecule has 2 rings (SSSR count). The normalized spacial score (nSPS) is 15.8. The largest absolute Gasteiger partial charge is 0.493 e. The number of rotatable bonds is 10. The summed E-state index contributed by atoms with van der Waals surface area (Å²) in [5.74, 6) is 2.16. The van der Waals surface area contributed by atoms with Crippen LogP contribution < -0.4 is 14.8 Å². The number of benzene rings is 1. The Morgan fingerprint density at radius 2 is 2.00 bits per heavy atom. The lowest BCUT2D eigenvalue weighted by Crippen LogP contribution is -2.30. The van der Waals surface area contributed by atoms with E-state index in [2.05, 4.69) is 5.32 Å². The Balaban J connectivity index is 1.67. The first-order valence-electron chi connectivity index (χ1n) is 7.40. The highest BCUT2D eigenvalue weighted by molar-refractivity contribution is 5.42. The number of aliphatic hydroxyl groups excluding tert-OH is 1. The van der Waals surface area contributed by atoms with Crippen LogP contribution in [0.15, 0.2) is 18.2 Å². The van der Waals surface area contributed by atoms with Crippen molar-refractivity contribution in [3.8, 4) is 11.5 Å². The molecule has 0 aliphatic heterocycles. The fraction of sp³-hybridized carbons (Fsp3) is 0.625. The molecule has 118 valence electrons. The first-order chi connectivity index (χ1) is 10.2. The summed E-state index contributed by atoms with van der Waals surface area (Å²) < 4.78 is 15.9. The van der Waals surface area contributed by atoms with E-state index in [4.69, 9.17) is 14.2 Å². The Morgan fingerprint density at radius 1 is 1.24 bits per heavy atom. The zero-order valence-electron chi connectivity index (χ0n) is 12.8. The first-order valence-corrected chi connectivity index (χ1v) is 7.40. The van der Waals surface area contributed by atoms with Crippen LogP contribution in [-0.4, -0.2) is 45.2 Å². The monoisotopic (exact) mass is 295 g/mol. The standard InChI is InChI=1S/C16H25NO4/c1-19-15-6-5-13(7-16(15)20-2)8-17-9-14(18)11-21-10-12-3-4-12/h5-7,12,14,17-18H,3-4,8-11H2,1-2H3. The third kappa shape index (κ3) is 5.53. The average Bonchev–Trinajstić information content (AvgIpc) is 3.31. The molecule has 0 aromatic heterocycles. The lowest BCUT2D eigenvalue weighted by atomic mass is 10.2. The molecule has 0 radical (unpaired) electrons. The molecule has 1 aliphatic carbocycles. The second-order valence-corrected chi connectivity index (χ2v) is 5.45. The molecule has 1 atom stereocenters. The van der Waals surface area contributed by atoms with E-state index in [1.807, 2.05) is 18.2 Å². The van der Waals surface area contributed by atoms with Crippen LogP contribution in [0.2, 0.25) is 0 Å². The smallest absolute Gasteiger partial charge is 0.161 e. The molecule has 0 saturated heterocycles. The summed E-state index contributed by atoms with van der Waals surface area (Å²) in [6, 6.07) is 5.79. The van der Waals surface area contributed by atoms with Gasteiger partial charge in [-0.05, 0) is 36.5 Å². The lowest BCUT2D eigenvalue weighted by molar-refractivity contribution is 0.0324. The lowest BCUT2D eigenvalue weighted by Gasteiger charge is -2.13. The average molecular weight is 295 g/mol. The predicted octanol–water partition coefficient (Wildman–Crippen LogP) is 1.58. The summed E-state index contributed by atoms with van der Waals surface area (Å²) in [6.07, 6.45) is 2.07. The maximum absolute atomic E-state index is 9.81. The molecule has 0 bridgehead atoms. The van der Waals surface area contributed by atoms with Crippen LogP contribution in [0.5, 0.6) is 11.5 Å². The van der Waals surface area contributed by atoms with E-state index in [0.717, 1.165) is 23.8 Å². The van der Waals surface area contributed by atoms with Gasteiger partial charge < -0.3 is 24.6 Å². The summed E-state index contributed by atoms with van der Waals surface area (Å²) in [4.78, 5) is 0. The first kappa shape index (κ1) is 16.1. The van der Waals surface area contributed by atoms with Gasteiger partial charge in [-0.1, -0.05) is 6.07 Å². The van der Waals surface area contributed by atoms with Crippen molar-refractivity contribution >= 4 is 0 Å². The fourth-order valence-corrected chi connectivity index (χ4v) is 2.09. The third-order valence-electron chi connectivity index (χ3n) is 3.52. The molecule has 0 heterocycles. The summed E-state index contributed by atoms with van der Waals surface area (Å²) in [5, 5.41) is 13.0. The summed E-state index contributed by atoms with van der Waals surface area (Å²) >= 11 is 0. The minimum atomic E-state index is -0.469. The predicted molar refractivity (Wildman–Crippen MR) is 80.8 cm³/mol. The minimum absolute atomic E-state index is 0.398. The number of aliphatic hydroxyl groups is 1. The van der Waals surface area contributed by atoms with Gasteiger partial charge in [-0.3, -0.25) is 0 Å². The van der Waals surface area contributed by atoms with Gasteiger partial charge in [0.1, 0.15) is 0 Å². The van der Waals surface area contributed by atoms with Crippen LogP contribution >= 0.6 is 0 Å². The number of hydrogen-bond donors (Lipinski definition) is 2. The van der Waals surface area contributed by atoms with Gasteiger partial charge in [0, 0.05) is 19.7 Å². The summed E-state index contributed by atoms with van der Waals surface area (Å²) in [7, 11) is 3.24. The molecule has 5 heteroatoms. The molecule has 21 heavy (non-hydrogen) atoms. The molecule has 2 N–H and O–H groups in total. The van der Waals surface area contributed by atoms with Gasteiger partial charge in [0.05, 0.1) is 26.9 Å². The molecule has 0 spiro atoms. The maximum Gasteiger partial charge on any atom is 0.161 e. The van der Waals surface area contributed by atoms with Gasteiger partial charge in [-0.15, -0.1) is 0 Å². The molecule has 0 amide bonds. The highest BCUT2D eigenvalue weighted by atomic mass is 16.5. The molecule has 1 aromatic carbocycles. The number of methoxy groups -OCH3 is 2. The van der Waals surface area contributed by atoms with Crippen LogP contribution in [0, 0.1) is 5.92 Å². The van der Waals surface area contributed by atoms with E-state index >= 15 is 0 Å². The van der Waals surface area contributed by atoms with E-state index < -0.39 is 6.10 Å². The Kier molecular flexibility index (Phi) is 6.29. The van der Waals surface area contributed by atoms with Gasteiger partial charge in [0.25, 0.3) is 0 Å². The zero-order valence-corrected chi connectivity index (χ0v) is 12.8. The van der Waals surface area contributed by atoms with Gasteiger partial charge in [0.15, 0.2) is 11.5 Å². The minimum Gasteiger partial charge on any atom is -0.493 e. The second kappa shape index (κ2) is 8.22. The summed E-state index contributed by atoms with van der Waals surface area (Å²) in [5.41, 5.74) is 1.08. The molecule has 5 nitrogen and oxygen atoms in total. The van der Waals surface area contributed by atoms with Crippen molar-refractivity contribution < 1.29 is 19.3 Å². The van der Waals surface area contributed by atoms with Crippen LogP contribution in [0.1, 0.15) is 18.4 Å². The van der Waals surface area contributed by atoms with Crippen molar-refractivity contribution in [2.75, 3.05) is 34.0 Å². The number of hydrogen-bond acceptors (Lipinski definition) is 5. The topological polar surface area (TPSA) is 60.0 Å². The van der Waals surface area contributed by atoms with Gasteiger partial charge in [-0.2, -0.15) is 0 Å². The van der Waals surface area contributed by atoms with Crippen LogP contribution in [0.4, 0.5) is 0 Å². The Hall–Kier alpha value is -1.30. The van der Waals surface area contributed by atoms with Crippen molar-refractivity contribution in [1.82, 2.24) is 5.32 Å². The molecule has 1 aromatic rings. The zero-order chi connectivity index (χ0) is 15.1. The molecular weight excluding hydrogens is 270 g/mol. The van der Waals surface area contributed by atoms with Crippen molar-refractivity contribution in [3.63, 3.8) is 0 Å². The number of nitrogens with one attached hydrogen (secondary N) is 1. The highest BCUT2D eigenvalue weighted by Gasteiger charge is 2.21. The second-order valence-electron chi connectivity index (χ2n) is 5.45. The van der Waals surface area contributed by atoms with Crippen LogP contribution in [0.3, 0.4) is 0 Å². The van der Waals surface area contributed by atoms with E-state index in [0.29, 0.717) is 25.4 Å². The Bertz CT molecular complexity index is 434. The van der Waals surface area contributed by atoms with Crippen molar-refractivity contribution in [2.24, 2.45) is 5.92 Å². The van der Waals surface area contributed by atoms with Crippen LogP contribution in [-0.2, 0) is 11.3 Å². The summed E-state index contributed by atoms with van der Waals surface area (Å²) in [6.45, 7) is 2.36. The van der Waals surface area contributed by atoms with Crippen LogP contribution in [0.25, 0.3) is 0 Å². The SMILES string of the molecule is COc1ccc(CNCC(O)COCC2CC2)cc1OC. The molecule has 1 unspecified atom stereocenters. The fourth-order valence-electron chi connectivity index (χ4n) is 2.09. The van der Waals surface area contributed by atoms with E-state index in [9.17, 15) is 5.11 Å². The number of ether oxygens (including phenoxy) is 3. The maximum atomic E-state index is 9.81. The Labute approximate surface area is 126 Å². The van der Waals surface area contributed by atoms with Crippen molar-refractivity contribution in [2.45, 2.75) is 25.5 Å². The van der Waals surface area contributed by atoms with Gasteiger partial charge >= 0.3 is 0 Å². The molecular formula is C16H25NO4.